The van der Waals surface area contributed by atoms with Crippen LogP contribution in [0.3, 0.4) is 0 Å². The summed E-state index contributed by atoms with van der Waals surface area (Å²) in [5, 5.41) is 4.94. The van der Waals surface area contributed by atoms with Crippen molar-refractivity contribution in [2.45, 2.75) is 0 Å². The lowest BCUT2D eigenvalue weighted by Crippen LogP contribution is -2.10. The number of benzene rings is 1. The van der Waals surface area contributed by atoms with Gasteiger partial charge in [0.25, 0.3) is 5.91 Å². The second-order valence-corrected chi connectivity index (χ2v) is 5.55. The largest absolute Gasteiger partial charge is 0.459 e. The maximum absolute atomic E-state index is 11.9. The molecule has 4 aromatic rings. The lowest BCUT2D eigenvalue weighted by atomic mass is 10.1. The van der Waals surface area contributed by atoms with Crippen molar-refractivity contribution < 1.29 is 13.6 Å². The molecule has 114 valence electrons. The number of thiazole rings is 1. The van der Waals surface area contributed by atoms with Gasteiger partial charge in [0.05, 0.1) is 17.5 Å². The van der Waals surface area contributed by atoms with Crippen LogP contribution in [-0.2, 0) is 0 Å². The summed E-state index contributed by atoms with van der Waals surface area (Å²) in [4.78, 5) is 30.0. The Morgan fingerprint density at radius 3 is 3.04 bits per heavy atom. The van der Waals surface area contributed by atoms with E-state index in [9.17, 15) is 9.59 Å². The number of aromatic nitrogens is 2. The number of carbonyl (C=O) groups is 1. The first kappa shape index (κ1) is 13.5. The van der Waals surface area contributed by atoms with Crippen LogP contribution < -0.4 is 11.1 Å². The van der Waals surface area contributed by atoms with Gasteiger partial charge in [-0.2, -0.15) is 0 Å². The molecule has 0 atom stereocenters. The Balaban J connectivity index is 1.61. The number of fused-ring (bicyclic) bond motifs is 1. The van der Waals surface area contributed by atoms with Gasteiger partial charge in [-0.3, -0.25) is 15.1 Å². The fourth-order valence-electron chi connectivity index (χ4n) is 2.13. The van der Waals surface area contributed by atoms with Gasteiger partial charge in [-0.1, -0.05) is 6.07 Å². The maximum Gasteiger partial charge on any atom is 0.417 e. The van der Waals surface area contributed by atoms with Gasteiger partial charge in [-0.05, 0) is 24.3 Å². The number of hydrogen-bond donors (Lipinski definition) is 2. The van der Waals surface area contributed by atoms with Crippen LogP contribution >= 0.6 is 11.3 Å². The van der Waals surface area contributed by atoms with E-state index in [1.54, 1.807) is 24.3 Å². The minimum Gasteiger partial charge on any atom is -0.459 e. The predicted octanol–water partition coefficient (Wildman–Crippen LogP) is 3.09. The summed E-state index contributed by atoms with van der Waals surface area (Å²) in [6.07, 6.45) is 1.43. The van der Waals surface area contributed by atoms with Gasteiger partial charge in [0.1, 0.15) is 0 Å². The molecule has 4 rings (SSSR count). The molecule has 1 aromatic carbocycles. The van der Waals surface area contributed by atoms with Crippen LogP contribution in [-0.4, -0.2) is 15.9 Å². The molecule has 0 saturated carbocycles. The van der Waals surface area contributed by atoms with Crippen molar-refractivity contribution in [3.8, 4) is 11.3 Å². The first-order valence-electron chi connectivity index (χ1n) is 6.63. The lowest BCUT2D eigenvalue weighted by molar-refractivity contribution is 0.0996. The first-order valence-corrected chi connectivity index (χ1v) is 7.51. The molecule has 3 aromatic heterocycles. The molecule has 8 heteroatoms. The van der Waals surface area contributed by atoms with Crippen LogP contribution in [0.5, 0.6) is 0 Å². The summed E-state index contributed by atoms with van der Waals surface area (Å²) in [6, 6.07) is 8.51. The molecule has 0 aliphatic heterocycles. The van der Waals surface area contributed by atoms with Crippen molar-refractivity contribution in [2.75, 3.05) is 5.32 Å². The average molecular weight is 327 g/mol. The van der Waals surface area contributed by atoms with Crippen molar-refractivity contribution in [3.05, 3.63) is 58.3 Å². The molecule has 0 fully saturated rings. The molecule has 2 N–H and O–H groups in total. The maximum atomic E-state index is 11.9. The first-order chi connectivity index (χ1) is 11.2. The number of amides is 1. The highest BCUT2D eigenvalue weighted by Gasteiger charge is 2.12. The molecular weight excluding hydrogens is 318 g/mol. The Kier molecular flexibility index (Phi) is 3.09. The van der Waals surface area contributed by atoms with Crippen molar-refractivity contribution in [3.63, 3.8) is 0 Å². The molecule has 3 heterocycles. The van der Waals surface area contributed by atoms with Crippen molar-refractivity contribution >= 4 is 33.5 Å². The summed E-state index contributed by atoms with van der Waals surface area (Å²) in [5.74, 6) is -0.637. The van der Waals surface area contributed by atoms with Crippen LogP contribution in [0.1, 0.15) is 10.6 Å². The van der Waals surface area contributed by atoms with Crippen LogP contribution in [0, 0.1) is 0 Å². The Labute approximate surface area is 132 Å². The fourth-order valence-corrected chi connectivity index (χ4v) is 2.85. The summed E-state index contributed by atoms with van der Waals surface area (Å²) >= 11 is 1.30. The number of rotatable bonds is 3. The number of carbonyl (C=O) groups excluding carboxylic acids is 1. The molecule has 0 saturated heterocycles. The number of anilines is 1. The quantitative estimate of drug-likeness (QED) is 0.602. The van der Waals surface area contributed by atoms with Crippen LogP contribution in [0.15, 0.2) is 55.6 Å². The Bertz CT molecular complexity index is 1040. The van der Waals surface area contributed by atoms with Gasteiger partial charge < -0.3 is 8.83 Å². The third-order valence-electron chi connectivity index (χ3n) is 3.19. The number of nitrogens with one attached hydrogen (secondary N) is 2. The average Bonchev–Trinajstić information content (AvgIpc) is 3.26. The molecule has 7 nitrogen and oxygen atoms in total. The highest BCUT2D eigenvalue weighted by molar-refractivity contribution is 7.14. The van der Waals surface area contributed by atoms with Gasteiger partial charge in [0.15, 0.2) is 16.5 Å². The lowest BCUT2D eigenvalue weighted by Gasteiger charge is -1.98. The highest BCUT2D eigenvalue weighted by atomic mass is 32.1. The minimum atomic E-state index is -0.498. The van der Waals surface area contributed by atoms with Gasteiger partial charge in [-0.25, -0.2) is 9.78 Å². The standard InChI is InChI=1S/C15H9N3O4S/c19-13(11-2-1-5-21-11)18-14-16-10(7-23-14)8-3-4-9-12(6-8)22-15(20)17-9/h1-7H,(H,17,20)(H,16,18,19). The van der Waals surface area contributed by atoms with E-state index in [0.29, 0.717) is 21.9 Å². The van der Waals surface area contributed by atoms with Gasteiger partial charge >= 0.3 is 5.76 Å². The minimum absolute atomic E-state index is 0.220. The second-order valence-electron chi connectivity index (χ2n) is 4.69. The smallest absolute Gasteiger partial charge is 0.417 e. The van der Waals surface area contributed by atoms with E-state index in [0.717, 1.165) is 5.56 Å². The zero-order chi connectivity index (χ0) is 15.8. The number of furan rings is 1. The Hall–Kier alpha value is -3.13. The van der Waals surface area contributed by atoms with E-state index < -0.39 is 5.76 Å². The number of oxazole rings is 1. The fraction of sp³-hybridized carbons (Fsp3) is 0. The van der Waals surface area contributed by atoms with Crippen molar-refractivity contribution in [1.82, 2.24) is 9.97 Å². The number of H-pyrrole nitrogens is 1. The molecule has 23 heavy (non-hydrogen) atoms. The Morgan fingerprint density at radius 1 is 1.30 bits per heavy atom. The van der Waals surface area contributed by atoms with Gasteiger partial charge in [0, 0.05) is 10.9 Å². The SMILES string of the molecule is O=C(Nc1nc(-c2ccc3[nH]c(=O)oc3c2)cs1)c1ccco1. The van der Waals surface area contributed by atoms with Gasteiger partial charge in [0.2, 0.25) is 0 Å². The zero-order valence-electron chi connectivity index (χ0n) is 11.5. The molecule has 0 spiro atoms. The molecule has 0 aliphatic rings. The van der Waals surface area contributed by atoms with Crippen molar-refractivity contribution in [2.24, 2.45) is 0 Å². The van der Waals surface area contributed by atoms with E-state index in [1.165, 1.54) is 17.6 Å². The number of hydrogen-bond acceptors (Lipinski definition) is 6. The van der Waals surface area contributed by atoms with E-state index in [4.69, 9.17) is 8.83 Å². The number of nitrogens with zero attached hydrogens (tertiary/aromatic N) is 1. The summed E-state index contributed by atoms with van der Waals surface area (Å²) in [5.41, 5.74) is 2.55. The van der Waals surface area contributed by atoms with Crippen LogP contribution in [0.2, 0.25) is 0 Å². The van der Waals surface area contributed by atoms with Crippen LogP contribution in [0.4, 0.5) is 5.13 Å². The normalized spacial score (nSPS) is 11.0. The predicted molar refractivity (Wildman–Crippen MR) is 84.6 cm³/mol. The third kappa shape index (κ3) is 2.55. The monoisotopic (exact) mass is 327 g/mol. The zero-order valence-corrected chi connectivity index (χ0v) is 12.3. The molecule has 1 amide bonds. The summed E-state index contributed by atoms with van der Waals surface area (Å²) < 4.78 is 10.1. The number of aromatic amines is 1. The molecule has 0 bridgehead atoms. The summed E-state index contributed by atoms with van der Waals surface area (Å²) in [6.45, 7) is 0. The van der Waals surface area contributed by atoms with Gasteiger partial charge in [-0.15, -0.1) is 11.3 Å². The van der Waals surface area contributed by atoms with E-state index in [1.807, 2.05) is 11.4 Å². The summed E-state index contributed by atoms with van der Waals surface area (Å²) in [7, 11) is 0. The van der Waals surface area contributed by atoms with Crippen molar-refractivity contribution in [1.29, 1.82) is 0 Å². The highest BCUT2D eigenvalue weighted by Crippen LogP contribution is 2.27. The molecule has 0 radical (unpaired) electrons. The topological polar surface area (TPSA) is 101 Å². The van der Waals surface area contributed by atoms with E-state index >= 15 is 0 Å². The molecular formula is C15H9N3O4S. The molecule has 0 aliphatic carbocycles. The second kappa shape index (κ2) is 5.25. The van der Waals surface area contributed by atoms with E-state index in [2.05, 4.69) is 15.3 Å². The molecule has 0 unspecified atom stereocenters. The third-order valence-corrected chi connectivity index (χ3v) is 3.94. The van der Waals surface area contributed by atoms with E-state index in [-0.39, 0.29) is 11.7 Å². The Morgan fingerprint density at radius 2 is 2.22 bits per heavy atom. The van der Waals surface area contributed by atoms with Crippen LogP contribution in [0.25, 0.3) is 22.4 Å².